The van der Waals surface area contributed by atoms with Crippen molar-refractivity contribution in [3.63, 3.8) is 0 Å². The van der Waals surface area contributed by atoms with Crippen molar-refractivity contribution in [2.45, 2.75) is 33.2 Å². The molecule has 0 saturated carbocycles. The van der Waals surface area contributed by atoms with Gasteiger partial charge in [-0.25, -0.2) is 0 Å². The summed E-state index contributed by atoms with van der Waals surface area (Å²) < 4.78 is 11.3. The molecule has 4 rings (SSSR count). The van der Waals surface area contributed by atoms with Crippen molar-refractivity contribution in [1.82, 2.24) is 10.6 Å². The Morgan fingerprint density at radius 2 is 1.51 bits per heavy atom. The van der Waals surface area contributed by atoms with Crippen molar-refractivity contribution < 1.29 is 19.1 Å². The summed E-state index contributed by atoms with van der Waals surface area (Å²) in [5.74, 6) is 1.75. The minimum atomic E-state index is -0.755. The fraction of sp³-hybridized carbons (Fsp3) is 0.235. The van der Waals surface area contributed by atoms with Gasteiger partial charge in [0.2, 0.25) is 5.91 Å². The topological polar surface area (TPSA) is 88.7 Å². The summed E-state index contributed by atoms with van der Waals surface area (Å²) in [6, 6.07) is 27.7. The summed E-state index contributed by atoms with van der Waals surface area (Å²) in [6.45, 7) is 6.94. The maximum Gasteiger partial charge on any atom is 0.251 e. The van der Waals surface area contributed by atoms with Gasteiger partial charge in [0.05, 0.1) is 7.11 Å². The molecule has 0 saturated heterocycles. The van der Waals surface area contributed by atoms with Gasteiger partial charge in [-0.15, -0.1) is 0 Å². The highest BCUT2D eigenvalue weighted by Crippen LogP contribution is 2.27. The monoisotopic (exact) mass is 551 g/mol. The lowest BCUT2D eigenvalue weighted by Crippen LogP contribution is -2.48. The Balaban J connectivity index is 1.40. The molecule has 41 heavy (non-hydrogen) atoms. The van der Waals surface area contributed by atoms with Crippen LogP contribution in [0, 0.1) is 20.8 Å². The lowest BCUT2D eigenvalue weighted by Gasteiger charge is -2.19. The van der Waals surface area contributed by atoms with Crippen LogP contribution in [0.15, 0.2) is 91.0 Å². The first-order valence-corrected chi connectivity index (χ1v) is 13.7. The van der Waals surface area contributed by atoms with E-state index in [-0.39, 0.29) is 11.8 Å². The summed E-state index contributed by atoms with van der Waals surface area (Å²) in [7, 11) is 1.63. The van der Waals surface area contributed by atoms with E-state index in [0.717, 1.165) is 39.4 Å². The zero-order valence-corrected chi connectivity index (χ0v) is 24.0. The number of aryl methyl sites for hydroxylation is 2. The van der Waals surface area contributed by atoms with E-state index in [1.54, 1.807) is 13.2 Å². The third-order valence-electron chi connectivity index (χ3n) is 6.89. The van der Waals surface area contributed by atoms with Gasteiger partial charge < -0.3 is 25.4 Å². The number of hydrogen-bond acceptors (Lipinski definition) is 5. The number of hydrogen-bond donors (Lipinski definition) is 3. The van der Waals surface area contributed by atoms with Crippen LogP contribution in [0.25, 0.3) is 0 Å². The number of methoxy groups -OCH3 is 1. The molecule has 3 N–H and O–H groups in total. The smallest absolute Gasteiger partial charge is 0.251 e. The van der Waals surface area contributed by atoms with Crippen molar-refractivity contribution in [3.05, 3.63) is 119 Å². The van der Waals surface area contributed by atoms with Crippen LogP contribution in [0.5, 0.6) is 17.2 Å². The van der Waals surface area contributed by atoms with E-state index in [2.05, 4.69) is 28.9 Å². The second-order valence-electron chi connectivity index (χ2n) is 9.99. The van der Waals surface area contributed by atoms with E-state index in [4.69, 9.17) is 9.47 Å². The second kappa shape index (κ2) is 14.0. The Morgan fingerprint density at radius 3 is 2.22 bits per heavy atom. The highest BCUT2D eigenvalue weighted by Gasteiger charge is 2.22. The number of rotatable bonds is 12. The van der Waals surface area contributed by atoms with Crippen molar-refractivity contribution >= 4 is 17.5 Å². The molecule has 0 aromatic heterocycles. The minimum Gasteiger partial charge on any atom is -0.497 e. The van der Waals surface area contributed by atoms with Crippen molar-refractivity contribution in [2.24, 2.45) is 0 Å². The summed E-state index contributed by atoms with van der Waals surface area (Å²) in [4.78, 5) is 26.3. The molecule has 7 nitrogen and oxygen atoms in total. The summed E-state index contributed by atoms with van der Waals surface area (Å²) in [5.41, 5.74) is 5.57. The van der Waals surface area contributed by atoms with Crippen LogP contribution in [0.3, 0.4) is 0 Å². The normalized spacial score (nSPS) is 11.3. The third-order valence-corrected chi connectivity index (χ3v) is 6.89. The van der Waals surface area contributed by atoms with Crippen LogP contribution in [0.1, 0.15) is 32.6 Å². The maximum atomic E-state index is 13.3. The van der Waals surface area contributed by atoms with Gasteiger partial charge in [0.1, 0.15) is 23.3 Å². The molecule has 0 spiro atoms. The zero-order chi connectivity index (χ0) is 29.2. The molecule has 0 radical (unpaired) electrons. The molecular formula is C34H37N3O4. The minimum absolute atomic E-state index is 0.252. The molecule has 0 aliphatic rings. The van der Waals surface area contributed by atoms with Gasteiger partial charge in [0.15, 0.2) is 0 Å². The predicted octanol–water partition coefficient (Wildman–Crippen LogP) is 5.98. The van der Waals surface area contributed by atoms with Gasteiger partial charge in [-0.1, -0.05) is 42.0 Å². The Kier molecular flexibility index (Phi) is 9.99. The van der Waals surface area contributed by atoms with Crippen molar-refractivity contribution in [2.75, 3.05) is 25.5 Å². The molecule has 2 amide bonds. The molecular weight excluding hydrogens is 514 g/mol. The first-order valence-electron chi connectivity index (χ1n) is 13.7. The Morgan fingerprint density at radius 1 is 0.805 bits per heavy atom. The van der Waals surface area contributed by atoms with Crippen molar-refractivity contribution in [1.29, 1.82) is 0 Å². The van der Waals surface area contributed by atoms with Crippen LogP contribution in [-0.2, 0) is 11.2 Å². The van der Waals surface area contributed by atoms with E-state index in [1.165, 1.54) is 0 Å². The number of benzene rings is 4. The number of carbonyl (C=O) groups excluding carboxylic acids is 2. The van der Waals surface area contributed by atoms with Crippen molar-refractivity contribution in [3.8, 4) is 17.2 Å². The first kappa shape index (κ1) is 29.2. The molecule has 0 aliphatic carbocycles. The third kappa shape index (κ3) is 8.35. The van der Waals surface area contributed by atoms with Gasteiger partial charge in [0.25, 0.3) is 5.91 Å². The highest BCUT2D eigenvalue weighted by atomic mass is 16.5. The van der Waals surface area contributed by atoms with Gasteiger partial charge in [0, 0.05) is 30.8 Å². The standard InChI is InChI=1S/C34H37N3O4/c1-23-7-5-9-27(21-23)33(38)37-31(34(39)36-20-19-35-28-13-17-29(40-4)18-14-28)22-26-11-15-30(16-12-26)41-32-10-6-8-24(2)25(32)3/h5-18,21,31,35H,19-20,22H2,1-4H3,(H,36,39)(H,37,38)/t31-/m0/s1. The maximum absolute atomic E-state index is 13.3. The van der Waals surface area contributed by atoms with Gasteiger partial charge in [-0.2, -0.15) is 0 Å². The quantitative estimate of drug-likeness (QED) is 0.189. The highest BCUT2D eigenvalue weighted by molar-refractivity contribution is 5.97. The average Bonchev–Trinajstić information content (AvgIpc) is 2.98. The van der Waals surface area contributed by atoms with Gasteiger partial charge in [-0.3, -0.25) is 9.59 Å². The van der Waals surface area contributed by atoms with E-state index in [1.807, 2.05) is 92.7 Å². The van der Waals surface area contributed by atoms with Crippen LogP contribution < -0.4 is 25.4 Å². The lowest BCUT2D eigenvalue weighted by molar-refractivity contribution is -0.122. The molecule has 4 aromatic carbocycles. The molecule has 0 aliphatic heterocycles. The number of ether oxygens (including phenoxy) is 2. The predicted molar refractivity (Wildman–Crippen MR) is 163 cm³/mol. The molecule has 212 valence electrons. The van der Waals surface area contributed by atoms with E-state index in [9.17, 15) is 9.59 Å². The molecule has 0 bridgehead atoms. The second-order valence-corrected chi connectivity index (χ2v) is 9.99. The molecule has 1 atom stereocenters. The summed E-state index contributed by atoms with van der Waals surface area (Å²) in [5, 5.41) is 9.16. The van der Waals surface area contributed by atoms with Gasteiger partial charge >= 0.3 is 0 Å². The Bertz CT molecular complexity index is 1470. The number of nitrogens with one attached hydrogen (secondary N) is 3. The molecule has 0 fully saturated rings. The summed E-state index contributed by atoms with van der Waals surface area (Å²) >= 11 is 0. The molecule has 0 unspecified atom stereocenters. The summed E-state index contributed by atoms with van der Waals surface area (Å²) in [6.07, 6.45) is 0.332. The Hall–Kier alpha value is -4.78. The van der Waals surface area contributed by atoms with E-state index >= 15 is 0 Å². The number of anilines is 1. The van der Waals surface area contributed by atoms with E-state index in [0.29, 0.717) is 30.8 Å². The molecule has 7 heteroatoms. The number of amides is 2. The number of carbonyl (C=O) groups is 2. The molecule has 4 aromatic rings. The van der Waals surface area contributed by atoms with Crippen LogP contribution in [0.4, 0.5) is 5.69 Å². The van der Waals surface area contributed by atoms with Crippen LogP contribution in [0.2, 0.25) is 0 Å². The zero-order valence-electron chi connectivity index (χ0n) is 24.0. The molecule has 0 heterocycles. The lowest BCUT2D eigenvalue weighted by atomic mass is 10.0. The largest absolute Gasteiger partial charge is 0.497 e. The van der Waals surface area contributed by atoms with E-state index < -0.39 is 6.04 Å². The fourth-order valence-corrected chi connectivity index (χ4v) is 4.35. The Labute approximate surface area is 241 Å². The SMILES string of the molecule is COc1ccc(NCCNC(=O)[C@H](Cc2ccc(Oc3cccc(C)c3C)cc2)NC(=O)c2cccc(C)c2)cc1. The first-order chi connectivity index (χ1) is 19.8. The fourth-order valence-electron chi connectivity index (χ4n) is 4.35. The van der Waals surface area contributed by atoms with Crippen LogP contribution in [-0.4, -0.2) is 38.1 Å². The van der Waals surface area contributed by atoms with Crippen LogP contribution >= 0.6 is 0 Å². The van der Waals surface area contributed by atoms with Gasteiger partial charge in [-0.05, 0) is 92.1 Å². The average molecular weight is 552 g/mol.